The largest absolute Gasteiger partial charge is 0.377 e. The van der Waals surface area contributed by atoms with Gasteiger partial charge in [0, 0.05) is 11.4 Å². The average Bonchev–Trinajstić information content (AvgIpc) is 2.47. The van der Waals surface area contributed by atoms with Crippen molar-refractivity contribution in [3.05, 3.63) is 72.8 Å². The Hall–Kier alpha value is -2.22. The fourth-order valence-corrected chi connectivity index (χ4v) is 2.29. The van der Waals surface area contributed by atoms with Gasteiger partial charge in [-0.25, -0.2) is 0 Å². The van der Waals surface area contributed by atoms with Crippen molar-refractivity contribution in [2.45, 2.75) is 38.8 Å². The van der Waals surface area contributed by atoms with Crippen LogP contribution in [-0.2, 0) is 0 Å². The van der Waals surface area contributed by atoms with E-state index in [4.69, 9.17) is 0 Å². The average molecular weight is 294 g/mol. The van der Waals surface area contributed by atoms with Gasteiger partial charge in [-0.05, 0) is 52.0 Å². The highest BCUT2D eigenvalue weighted by molar-refractivity contribution is 5.48. The maximum atomic E-state index is 3.54. The first-order valence-corrected chi connectivity index (χ1v) is 7.73. The second kappa shape index (κ2) is 6.69. The standard InChI is InChI=1S/C20H26N2/c1-19(2,21-17-11-7-5-8-12-17)15-16-20(3,4)22-18-13-9-6-10-14-18/h5-16,21-22H,1-4H3/b16-15+. The van der Waals surface area contributed by atoms with Gasteiger partial charge in [0.05, 0.1) is 11.1 Å². The molecule has 116 valence electrons. The molecule has 0 bridgehead atoms. The predicted molar refractivity (Wildman–Crippen MR) is 97.4 cm³/mol. The third-order valence-electron chi connectivity index (χ3n) is 3.40. The van der Waals surface area contributed by atoms with Gasteiger partial charge in [0.25, 0.3) is 0 Å². The van der Waals surface area contributed by atoms with Crippen molar-refractivity contribution in [1.82, 2.24) is 0 Å². The number of rotatable bonds is 6. The first kappa shape index (κ1) is 16.2. The van der Waals surface area contributed by atoms with E-state index in [-0.39, 0.29) is 11.1 Å². The smallest absolute Gasteiger partial charge is 0.0500 e. The van der Waals surface area contributed by atoms with E-state index >= 15 is 0 Å². The van der Waals surface area contributed by atoms with Gasteiger partial charge in [-0.2, -0.15) is 0 Å². The lowest BCUT2D eigenvalue weighted by Gasteiger charge is -2.28. The lowest BCUT2D eigenvalue weighted by Crippen LogP contribution is -2.32. The fourth-order valence-electron chi connectivity index (χ4n) is 2.29. The molecule has 22 heavy (non-hydrogen) atoms. The molecule has 0 aromatic heterocycles. The van der Waals surface area contributed by atoms with Crippen molar-refractivity contribution in [3.63, 3.8) is 0 Å². The van der Waals surface area contributed by atoms with E-state index in [2.05, 4.69) is 74.7 Å². The van der Waals surface area contributed by atoms with E-state index in [1.54, 1.807) is 0 Å². The Morgan fingerprint density at radius 1 is 0.591 bits per heavy atom. The summed E-state index contributed by atoms with van der Waals surface area (Å²) in [6, 6.07) is 20.6. The monoisotopic (exact) mass is 294 g/mol. The Kier molecular flexibility index (Phi) is 4.92. The Balaban J connectivity index is 2.02. The molecule has 0 saturated carbocycles. The zero-order valence-electron chi connectivity index (χ0n) is 13.9. The topological polar surface area (TPSA) is 24.1 Å². The molecule has 2 aromatic rings. The summed E-state index contributed by atoms with van der Waals surface area (Å²) in [5.74, 6) is 0. The molecule has 0 unspecified atom stereocenters. The molecule has 0 heterocycles. The maximum absolute atomic E-state index is 3.54. The molecule has 0 aliphatic carbocycles. The molecule has 0 spiro atoms. The molecule has 0 aliphatic heterocycles. The van der Waals surface area contributed by atoms with E-state index in [9.17, 15) is 0 Å². The summed E-state index contributed by atoms with van der Waals surface area (Å²) in [5, 5.41) is 7.08. The van der Waals surface area contributed by atoms with E-state index in [0.717, 1.165) is 11.4 Å². The number of anilines is 2. The Morgan fingerprint density at radius 3 is 1.23 bits per heavy atom. The van der Waals surface area contributed by atoms with Crippen molar-refractivity contribution in [1.29, 1.82) is 0 Å². The SMILES string of the molecule is CC(C)(/C=C/C(C)(C)Nc1ccccc1)Nc1ccccc1. The number of nitrogens with one attached hydrogen (secondary N) is 2. The van der Waals surface area contributed by atoms with Gasteiger partial charge in [-0.1, -0.05) is 48.6 Å². The van der Waals surface area contributed by atoms with Crippen LogP contribution in [0.2, 0.25) is 0 Å². The summed E-state index contributed by atoms with van der Waals surface area (Å²) in [6.07, 6.45) is 4.44. The molecule has 2 heteroatoms. The molecule has 2 rings (SSSR count). The van der Waals surface area contributed by atoms with Crippen LogP contribution in [0, 0.1) is 0 Å². The first-order chi connectivity index (χ1) is 10.4. The first-order valence-electron chi connectivity index (χ1n) is 7.73. The Labute approximate surface area is 134 Å². The predicted octanol–water partition coefficient (Wildman–Crippen LogP) is 5.32. The zero-order chi connectivity index (χ0) is 16.1. The number of hydrogen-bond donors (Lipinski definition) is 2. The molecule has 0 atom stereocenters. The highest BCUT2D eigenvalue weighted by atomic mass is 15.0. The quantitative estimate of drug-likeness (QED) is 0.704. The van der Waals surface area contributed by atoms with E-state index in [1.165, 1.54) is 0 Å². The van der Waals surface area contributed by atoms with Crippen LogP contribution in [0.4, 0.5) is 11.4 Å². The van der Waals surface area contributed by atoms with Gasteiger partial charge < -0.3 is 10.6 Å². The van der Waals surface area contributed by atoms with E-state index in [0.29, 0.717) is 0 Å². The van der Waals surface area contributed by atoms with Crippen molar-refractivity contribution < 1.29 is 0 Å². The molecule has 0 radical (unpaired) electrons. The van der Waals surface area contributed by atoms with E-state index in [1.807, 2.05) is 36.4 Å². The van der Waals surface area contributed by atoms with Crippen LogP contribution >= 0.6 is 0 Å². The lowest BCUT2D eigenvalue weighted by atomic mass is 9.97. The minimum atomic E-state index is -0.114. The van der Waals surface area contributed by atoms with Crippen LogP contribution in [-0.4, -0.2) is 11.1 Å². The van der Waals surface area contributed by atoms with Crippen LogP contribution < -0.4 is 10.6 Å². The second-order valence-corrected chi connectivity index (χ2v) is 6.76. The molecule has 0 aliphatic rings. The number of benzene rings is 2. The van der Waals surface area contributed by atoms with Crippen LogP contribution in [0.3, 0.4) is 0 Å². The molecule has 2 aromatic carbocycles. The molecule has 0 fully saturated rings. The summed E-state index contributed by atoms with van der Waals surface area (Å²) >= 11 is 0. The molecule has 2 nitrogen and oxygen atoms in total. The molecule has 0 amide bonds. The van der Waals surface area contributed by atoms with Gasteiger partial charge in [0.1, 0.15) is 0 Å². The Morgan fingerprint density at radius 2 is 0.909 bits per heavy atom. The number of hydrogen-bond acceptors (Lipinski definition) is 2. The van der Waals surface area contributed by atoms with Crippen LogP contribution in [0.15, 0.2) is 72.8 Å². The zero-order valence-corrected chi connectivity index (χ0v) is 13.9. The number of para-hydroxylation sites is 2. The normalized spacial score (nSPS) is 12.4. The fraction of sp³-hybridized carbons (Fsp3) is 0.300. The molecular formula is C20H26N2. The summed E-state index contributed by atoms with van der Waals surface area (Å²) in [4.78, 5) is 0. The van der Waals surface area contributed by atoms with Crippen LogP contribution in [0.5, 0.6) is 0 Å². The summed E-state index contributed by atoms with van der Waals surface area (Å²) in [5.41, 5.74) is 2.03. The Bertz CT molecular complexity index is 543. The van der Waals surface area contributed by atoms with Crippen molar-refractivity contribution >= 4 is 11.4 Å². The lowest BCUT2D eigenvalue weighted by molar-refractivity contribution is 0.669. The van der Waals surface area contributed by atoms with Crippen molar-refractivity contribution in [2.75, 3.05) is 10.6 Å². The summed E-state index contributed by atoms with van der Waals surface area (Å²) in [6.45, 7) is 8.70. The highest BCUT2D eigenvalue weighted by Gasteiger charge is 2.18. The van der Waals surface area contributed by atoms with Crippen molar-refractivity contribution in [3.8, 4) is 0 Å². The molecule has 2 N–H and O–H groups in total. The van der Waals surface area contributed by atoms with Crippen molar-refractivity contribution in [2.24, 2.45) is 0 Å². The highest BCUT2D eigenvalue weighted by Crippen LogP contribution is 2.20. The van der Waals surface area contributed by atoms with Gasteiger partial charge in [-0.15, -0.1) is 0 Å². The van der Waals surface area contributed by atoms with Gasteiger partial charge in [0.2, 0.25) is 0 Å². The minimum absolute atomic E-state index is 0.114. The minimum Gasteiger partial charge on any atom is -0.377 e. The summed E-state index contributed by atoms with van der Waals surface area (Å²) < 4.78 is 0. The molecule has 0 saturated heterocycles. The second-order valence-electron chi connectivity index (χ2n) is 6.76. The third-order valence-corrected chi connectivity index (χ3v) is 3.40. The van der Waals surface area contributed by atoms with E-state index < -0.39 is 0 Å². The molecular weight excluding hydrogens is 268 g/mol. The van der Waals surface area contributed by atoms with Gasteiger partial charge >= 0.3 is 0 Å². The van der Waals surface area contributed by atoms with Crippen LogP contribution in [0.1, 0.15) is 27.7 Å². The maximum Gasteiger partial charge on any atom is 0.0500 e. The van der Waals surface area contributed by atoms with Gasteiger partial charge in [0.15, 0.2) is 0 Å². The van der Waals surface area contributed by atoms with Gasteiger partial charge in [-0.3, -0.25) is 0 Å². The summed E-state index contributed by atoms with van der Waals surface area (Å²) in [7, 11) is 0. The third kappa shape index (κ3) is 5.28. The van der Waals surface area contributed by atoms with Crippen LogP contribution in [0.25, 0.3) is 0 Å².